The SMILES string of the molecule is CCC[C@@H](N)C(=O)N1CCN(c2cccc(C)c2C)CC1. The number of anilines is 1. The predicted octanol–water partition coefficient (Wildman–Crippen LogP) is 2.08. The van der Waals surface area contributed by atoms with Gasteiger partial charge < -0.3 is 15.5 Å². The van der Waals surface area contributed by atoms with E-state index in [-0.39, 0.29) is 11.9 Å². The Bertz CT molecular complexity index is 493. The molecule has 0 radical (unpaired) electrons. The molecule has 4 heteroatoms. The number of nitrogens with two attached hydrogens (primary N) is 1. The average molecular weight is 289 g/mol. The van der Waals surface area contributed by atoms with E-state index in [1.165, 1.54) is 16.8 Å². The van der Waals surface area contributed by atoms with Crippen LogP contribution in [0.4, 0.5) is 5.69 Å². The van der Waals surface area contributed by atoms with Crippen LogP contribution in [-0.4, -0.2) is 43.0 Å². The average Bonchev–Trinajstić information content (AvgIpc) is 2.50. The number of nitrogens with zero attached hydrogens (tertiary/aromatic N) is 2. The van der Waals surface area contributed by atoms with Crippen molar-refractivity contribution in [2.75, 3.05) is 31.1 Å². The summed E-state index contributed by atoms with van der Waals surface area (Å²) in [6, 6.07) is 6.08. The van der Waals surface area contributed by atoms with E-state index >= 15 is 0 Å². The van der Waals surface area contributed by atoms with Gasteiger partial charge in [-0.1, -0.05) is 25.5 Å². The number of rotatable bonds is 4. The van der Waals surface area contributed by atoms with E-state index in [2.05, 4.69) is 43.9 Å². The molecule has 1 atom stereocenters. The summed E-state index contributed by atoms with van der Waals surface area (Å²) in [4.78, 5) is 16.5. The van der Waals surface area contributed by atoms with Crippen LogP contribution in [0.5, 0.6) is 0 Å². The van der Waals surface area contributed by atoms with Crippen LogP contribution in [0.25, 0.3) is 0 Å². The maximum absolute atomic E-state index is 12.2. The lowest BCUT2D eigenvalue weighted by atomic mass is 10.1. The van der Waals surface area contributed by atoms with Crippen molar-refractivity contribution in [1.82, 2.24) is 4.90 Å². The standard InChI is InChI=1S/C17H27N3O/c1-4-6-15(18)17(21)20-11-9-19(10-12-20)16-8-5-7-13(2)14(16)3/h5,7-8,15H,4,6,9-12,18H2,1-3H3/t15-/m1/s1. The van der Waals surface area contributed by atoms with Gasteiger partial charge in [0.2, 0.25) is 5.91 Å². The Morgan fingerprint density at radius 3 is 2.52 bits per heavy atom. The van der Waals surface area contributed by atoms with E-state index in [4.69, 9.17) is 5.73 Å². The van der Waals surface area contributed by atoms with Crippen molar-refractivity contribution in [2.24, 2.45) is 5.73 Å². The maximum atomic E-state index is 12.2. The van der Waals surface area contributed by atoms with Crippen molar-refractivity contribution in [3.05, 3.63) is 29.3 Å². The first kappa shape index (κ1) is 15.8. The summed E-state index contributed by atoms with van der Waals surface area (Å²) >= 11 is 0. The molecule has 21 heavy (non-hydrogen) atoms. The molecule has 0 aromatic heterocycles. The van der Waals surface area contributed by atoms with Gasteiger partial charge >= 0.3 is 0 Å². The van der Waals surface area contributed by atoms with Gasteiger partial charge in [0.1, 0.15) is 0 Å². The van der Waals surface area contributed by atoms with Crippen LogP contribution in [0.3, 0.4) is 0 Å². The molecule has 0 aliphatic carbocycles. The first-order valence-corrected chi connectivity index (χ1v) is 7.90. The number of benzene rings is 1. The number of aryl methyl sites for hydroxylation is 1. The zero-order valence-corrected chi connectivity index (χ0v) is 13.4. The molecule has 116 valence electrons. The van der Waals surface area contributed by atoms with Crippen molar-refractivity contribution < 1.29 is 4.79 Å². The lowest BCUT2D eigenvalue weighted by molar-refractivity contribution is -0.133. The zero-order valence-electron chi connectivity index (χ0n) is 13.4. The van der Waals surface area contributed by atoms with Crippen LogP contribution < -0.4 is 10.6 Å². The van der Waals surface area contributed by atoms with Gasteiger partial charge in [-0.25, -0.2) is 0 Å². The van der Waals surface area contributed by atoms with Gasteiger partial charge in [0.25, 0.3) is 0 Å². The van der Waals surface area contributed by atoms with Gasteiger partial charge in [0.15, 0.2) is 0 Å². The Morgan fingerprint density at radius 1 is 1.24 bits per heavy atom. The van der Waals surface area contributed by atoms with Crippen LogP contribution in [0.1, 0.15) is 30.9 Å². The van der Waals surface area contributed by atoms with Crippen molar-refractivity contribution in [3.63, 3.8) is 0 Å². The van der Waals surface area contributed by atoms with Crippen molar-refractivity contribution in [3.8, 4) is 0 Å². The molecule has 0 spiro atoms. The van der Waals surface area contributed by atoms with E-state index in [1.54, 1.807) is 0 Å². The van der Waals surface area contributed by atoms with Crippen LogP contribution in [-0.2, 0) is 4.79 Å². The molecule has 1 saturated heterocycles. The zero-order chi connectivity index (χ0) is 15.4. The maximum Gasteiger partial charge on any atom is 0.239 e. The fourth-order valence-corrected chi connectivity index (χ4v) is 2.91. The molecule has 4 nitrogen and oxygen atoms in total. The summed E-state index contributed by atoms with van der Waals surface area (Å²) in [5.74, 6) is 0.109. The highest BCUT2D eigenvalue weighted by Crippen LogP contribution is 2.24. The number of carbonyl (C=O) groups excluding carboxylic acids is 1. The molecule has 1 fully saturated rings. The van der Waals surface area contributed by atoms with E-state index in [0.717, 1.165) is 39.0 Å². The second kappa shape index (κ2) is 6.94. The minimum Gasteiger partial charge on any atom is -0.368 e. The van der Waals surface area contributed by atoms with Gasteiger partial charge in [-0.3, -0.25) is 4.79 Å². The molecule has 1 amide bonds. The lowest BCUT2D eigenvalue weighted by Crippen LogP contribution is -2.53. The highest BCUT2D eigenvalue weighted by atomic mass is 16.2. The molecule has 0 bridgehead atoms. The Kier molecular flexibility index (Phi) is 5.23. The monoisotopic (exact) mass is 289 g/mol. The van der Waals surface area contributed by atoms with Gasteiger partial charge in [-0.15, -0.1) is 0 Å². The Hall–Kier alpha value is -1.55. The number of hydrogen-bond donors (Lipinski definition) is 1. The minimum atomic E-state index is -0.331. The number of hydrogen-bond acceptors (Lipinski definition) is 3. The Balaban J connectivity index is 1.97. The van der Waals surface area contributed by atoms with Gasteiger partial charge in [-0.05, 0) is 37.5 Å². The molecule has 1 heterocycles. The van der Waals surface area contributed by atoms with E-state index in [0.29, 0.717) is 0 Å². The summed E-state index contributed by atoms with van der Waals surface area (Å²) in [5.41, 5.74) is 9.88. The summed E-state index contributed by atoms with van der Waals surface area (Å²) in [5, 5.41) is 0. The highest BCUT2D eigenvalue weighted by Gasteiger charge is 2.25. The first-order chi connectivity index (χ1) is 10.0. The molecule has 1 aromatic rings. The van der Waals surface area contributed by atoms with Crippen LogP contribution in [0, 0.1) is 13.8 Å². The highest BCUT2D eigenvalue weighted by molar-refractivity contribution is 5.82. The predicted molar refractivity (Wildman–Crippen MR) is 87.6 cm³/mol. The van der Waals surface area contributed by atoms with E-state index in [1.807, 2.05) is 4.90 Å². The van der Waals surface area contributed by atoms with Crippen molar-refractivity contribution in [2.45, 2.75) is 39.7 Å². The minimum absolute atomic E-state index is 0.109. The summed E-state index contributed by atoms with van der Waals surface area (Å²) < 4.78 is 0. The van der Waals surface area contributed by atoms with Crippen molar-refractivity contribution in [1.29, 1.82) is 0 Å². The van der Waals surface area contributed by atoms with Crippen LogP contribution >= 0.6 is 0 Å². The van der Waals surface area contributed by atoms with Crippen molar-refractivity contribution >= 4 is 11.6 Å². The quantitative estimate of drug-likeness (QED) is 0.923. The number of carbonyl (C=O) groups is 1. The molecular weight excluding hydrogens is 262 g/mol. The Labute approximate surface area is 127 Å². The van der Waals surface area contributed by atoms with Gasteiger partial charge in [-0.2, -0.15) is 0 Å². The summed E-state index contributed by atoms with van der Waals surface area (Å²) in [6.45, 7) is 9.67. The van der Waals surface area contributed by atoms with Crippen LogP contribution in [0.15, 0.2) is 18.2 Å². The normalized spacial score (nSPS) is 17.0. The third-order valence-corrected chi connectivity index (χ3v) is 4.42. The molecule has 1 aliphatic rings. The van der Waals surface area contributed by atoms with Gasteiger partial charge in [0, 0.05) is 31.9 Å². The third kappa shape index (κ3) is 3.56. The Morgan fingerprint density at radius 2 is 1.90 bits per heavy atom. The molecule has 2 rings (SSSR count). The number of amides is 1. The van der Waals surface area contributed by atoms with E-state index in [9.17, 15) is 4.79 Å². The summed E-state index contributed by atoms with van der Waals surface area (Å²) in [6.07, 6.45) is 1.73. The fourth-order valence-electron chi connectivity index (χ4n) is 2.91. The fraction of sp³-hybridized carbons (Fsp3) is 0.588. The molecular formula is C17H27N3O. The molecule has 0 saturated carbocycles. The third-order valence-electron chi connectivity index (χ3n) is 4.42. The van der Waals surface area contributed by atoms with E-state index < -0.39 is 0 Å². The van der Waals surface area contributed by atoms with Gasteiger partial charge in [0.05, 0.1) is 6.04 Å². The number of piperazine rings is 1. The molecule has 0 unspecified atom stereocenters. The topological polar surface area (TPSA) is 49.6 Å². The smallest absolute Gasteiger partial charge is 0.239 e. The molecule has 1 aliphatic heterocycles. The second-order valence-electron chi connectivity index (χ2n) is 5.93. The van der Waals surface area contributed by atoms with Crippen LogP contribution in [0.2, 0.25) is 0 Å². The molecule has 1 aromatic carbocycles. The second-order valence-corrected chi connectivity index (χ2v) is 5.93. The lowest BCUT2D eigenvalue weighted by Gasteiger charge is -2.38. The summed E-state index contributed by atoms with van der Waals surface area (Å²) in [7, 11) is 0. The molecule has 2 N–H and O–H groups in total. The first-order valence-electron chi connectivity index (χ1n) is 7.90. The largest absolute Gasteiger partial charge is 0.368 e.